The van der Waals surface area contributed by atoms with Crippen molar-refractivity contribution in [2.24, 2.45) is 0 Å². The monoisotopic (exact) mass is 279 g/mol. The summed E-state index contributed by atoms with van der Waals surface area (Å²) in [5.74, 6) is 0.701. The van der Waals surface area contributed by atoms with E-state index in [2.05, 4.69) is 5.32 Å². The topological polar surface area (TPSA) is 47.6 Å². The maximum Gasteiger partial charge on any atom is 0.307 e. The molecule has 1 N–H and O–H groups in total. The highest BCUT2D eigenvalue weighted by molar-refractivity contribution is 5.70. The molecule has 0 atom stereocenters. The SMILES string of the molecule is CCOc1cccc(CNCCC(=O)OC(C)(C)C)c1. The van der Waals surface area contributed by atoms with Crippen molar-refractivity contribution < 1.29 is 14.3 Å². The van der Waals surface area contributed by atoms with Crippen molar-refractivity contribution >= 4 is 5.97 Å². The lowest BCUT2D eigenvalue weighted by molar-refractivity contribution is -0.154. The van der Waals surface area contributed by atoms with Crippen LogP contribution in [-0.2, 0) is 16.1 Å². The second kappa shape index (κ2) is 7.90. The number of carbonyl (C=O) groups is 1. The van der Waals surface area contributed by atoms with Crippen molar-refractivity contribution in [1.29, 1.82) is 0 Å². The van der Waals surface area contributed by atoms with E-state index < -0.39 is 5.60 Å². The normalized spacial score (nSPS) is 11.2. The molecule has 0 saturated carbocycles. The van der Waals surface area contributed by atoms with Crippen molar-refractivity contribution in [2.45, 2.75) is 46.3 Å². The first kappa shape index (κ1) is 16.5. The quantitative estimate of drug-likeness (QED) is 0.616. The van der Waals surface area contributed by atoms with Crippen LogP contribution >= 0.6 is 0 Å². The van der Waals surface area contributed by atoms with Crippen LogP contribution in [0.2, 0.25) is 0 Å². The summed E-state index contributed by atoms with van der Waals surface area (Å²) in [6, 6.07) is 7.94. The molecule has 0 aromatic heterocycles. The van der Waals surface area contributed by atoms with Gasteiger partial charge in [0.25, 0.3) is 0 Å². The van der Waals surface area contributed by atoms with Crippen molar-refractivity contribution in [3.8, 4) is 5.75 Å². The summed E-state index contributed by atoms with van der Waals surface area (Å²) in [6.07, 6.45) is 0.377. The van der Waals surface area contributed by atoms with Crippen molar-refractivity contribution in [1.82, 2.24) is 5.32 Å². The van der Waals surface area contributed by atoms with Crippen molar-refractivity contribution in [3.63, 3.8) is 0 Å². The van der Waals surface area contributed by atoms with Crippen LogP contribution in [0, 0.1) is 0 Å². The Morgan fingerprint density at radius 1 is 1.30 bits per heavy atom. The smallest absolute Gasteiger partial charge is 0.307 e. The molecular formula is C16H25NO3. The minimum absolute atomic E-state index is 0.173. The van der Waals surface area contributed by atoms with Gasteiger partial charge in [0, 0.05) is 13.1 Å². The number of hydrogen-bond donors (Lipinski definition) is 1. The van der Waals surface area contributed by atoms with Gasteiger partial charge in [0.05, 0.1) is 13.0 Å². The van der Waals surface area contributed by atoms with E-state index in [4.69, 9.17) is 9.47 Å². The number of rotatable bonds is 7. The van der Waals surface area contributed by atoms with Gasteiger partial charge in [-0.1, -0.05) is 12.1 Å². The molecule has 0 spiro atoms. The number of carbonyl (C=O) groups excluding carboxylic acids is 1. The molecule has 20 heavy (non-hydrogen) atoms. The third-order valence-corrected chi connectivity index (χ3v) is 2.46. The minimum atomic E-state index is -0.414. The van der Waals surface area contributed by atoms with Crippen LogP contribution < -0.4 is 10.1 Å². The number of benzene rings is 1. The molecule has 112 valence electrons. The van der Waals surface area contributed by atoms with Crippen LogP contribution in [0.15, 0.2) is 24.3 Å². The van der Waals surface area contributed by atoms with Crippen molar-refractivity contribution in [2.75, 3.05) is 13.2 Å². The molecule has 1 rings (SSSR count). The summed E-state index contributed by atoms with van der Waals surface area (Å²) in [4.78, 5) is 11.5. The summed E-state index contributed by atoms with van der Waals surface area (Å²) in [5.41, 5.74) is 0.725. The van der Waals surface area contributed by atoms with Gasteiger partial charge < -0.3 is 14.8 Å². The van der Waals surface area contributed by atoms with Gasteiger partial charge >= 0.3 is 5.97 Å². The molecule has 0 aliphatic rings. The maximum absolute atomic E-state index is 11.5. The zero-order chi connectivity index (χ0) is 15.0. The Balaban J connectivity index is 2.27. The van der Waals surface area contributed by atoms with Gasteiger partial charge in [-0.2, -0.15) is 0 Å². The van der Waals surface area contributed by atoms with Gasteiger partial charge in [0.15, 0.2) is 0 Å². The fourth-order valence-electron chi connectivity index (χ4n) is 1.73. The van der Waals surface area contributed by atoms with Gasteiger partial charge in [0.1, 0.15) is 11.4 Å². The lowest BCUT2D eigenvalue weighted by Gasteiger charge is -2.19. The summed E-state index contributed by atoms with van der Waals surface area (Å²) in [7, 11) is 0. The molecule has 0 unspecified atom stereocenters. The fraction of sp³-hybridized carbons (Fsp3) is 0.562. The van der Waals surface area contributed by atoms with E-state index in [1.165, 1.54) is 0 Å². The van der Waals surface area contributed by atoms with Gasteiger partial charge in [-0.15, -0.1) is 0 Å². The second-order valence-corrected chi connectivity index (χ2v) is 5.59. The predicted molar refractivity (Wildman–Crippen MR) is 79.8 cm³/mol. The highest BCUT2D eigenvalue weighted by Gasteiger charge is 2.15. The molecule has 4 heteroatoms. The molecule has 0 radical (unpaired) electrons. The molecule has 0 saturated heterocycles. The molecule has 0 fully saturated rings. The first-order chi connectivity index (χ1) is 9.40. The summed E-state index contributed by atoms with van der Waals surface area (Å²) < 4.78 is 10.7. The van der Waals surface area contributed by atoms with Crippen LogP contribution in [0.4, 0.5) is 0 Å². The minimum Gasteiger partial charge on any atom is -0.494 e. The number of nitrogens with one attached hydrogen (secondary N) is 1. The molecule has 4 nitrogen and oxygen atoms in total. The maximum atomic E-state index is 11.5. The molecule has 0 amide bonds. The number of hydrogen-bond acceptors (Lipinski definition) is 4. The van der Waals surface area contributed by atoms with E-state index in [1.54, 1.807) is 0 Å². The Bertz CT molecular complexity index is 424. The van der Waals surface area contributed by atoms with Crippen LogP contribution in [0.1, 0.15) is 39.7 Å². The Kier molecular flexibility index (Phi) is 6.52. The third-order valence-electron chi connectivity index (χ3n) is 2.46. The largest absolute Gasteiger partial charge is 0.494 e. The highest BCUT2D eigenvalue weighted by Crippen LogP contribution is 2.13. The molecule has 1 aromatic rings. The predicted octanol–water partition coefficient (Wildman–Crippen LogP) is 2.91. The summed E-state index contributed by atoms with van der Waals surface area (Å²) in [5, 5.41) is 3.23. The van der Waals surface area contributed by atoms with E-state index in [0.717, 1.165) is 11.3 Å². The zero-order valence-corrected chi connectivity index (χ0v) is 12.9. The van der Waals surface area contributed by atoms with E-state index in [9.17, 15) is 4.79 Å². The fourth-order valence-corrected chi connectivity index (χ4v) is 1.73. The Hall–Kier alpha value is -1.55. The number of esters is 1. The Morgan fingerprint density at radius 3 is 2.70 bits per heavy atom. The molecular weight excluding hydrogens is 254 g/mol. The van der Waals surface area contributed by atoms with E-state index >= 15 is 0 Å². The average molecular weight is 279 g/mol. The lowest BCUT2D eigenvalue weighted by Crippen LogP contribution is -2.26. The molecule has 0 heterocycles. The average Bonchev–Trinajstić information content (AvgIpc) is 2.33. The van der Waals surface area contributed by atoms with Crippen LogP contribution in [0.25, 0.3) is 0 Å². The Morgan fingerprint density at radius 2 is 2.05 bits per heavy atom. The molecule has 0 aliphatic carbocycles. The molecule has 0 bridgehead atoms. The van der Waals surface area contributed by atoms with Gasteiger partial charge in [-0.3, -0.25) is 4.79 Å². The standard InChI is InChI=1S/C16H25NO3/c1-5-19-14-8-6-7-13(11-14)12-17-10-9-15(18)20-16(2,3)4/h6-8,11,17H,5,9-10,12H2,1-4H3. The van der Waals surface area contributed by atoms with Crippen LogP contribution in [0.3, 0.4) is 0 Å². The van der Waals surface area contributed by atoms with Crippen LogP contribution in [-0.4, -0.2) is 24.7 Å². The van der Waals surface area contributed by atoms with Crippen molar-refractivity contribution in [3.05, 3.63) is 29.8 Å². The zero-order valence-electron chi connectivity index (χ0n) is 12.9. The van der Waals surface area contributed by atoms with E-state index in [-0.39, 0.29) is 5.97 Å². The van der Waals surface area contributed by atoms with Gasteiger partial charge in [-0.05, 0) is 45.4 Å². The van der Waals surface area contributed by atoms with Crippen LogP contribution in [0.5, 0.6) is 5.75 Å². The summed E-state index contributed by atoms with van der Waals surface area (Å²) in [6.45, 7) is 9.56. The first-order valence-electron chi connectivity index (χ1n) is 7.05. The summed E-state index contributed by atoms with van der Waals surface area (Å²) >= 11 is 0. The molecule has 0 aliphatic heterocycles. The van der Waals surface area contributed by atoms with Gasteiger partial charge in [0.2, 0.25) is 0 Å². The van der Waals surface area contributed by atoms with Gasteiger partial charge in [-0.25, -0.2) is 0 Å². The first-order valence-corrected chi connectivity index (χ1v) is 7.05. The number of ether oxygens (including phenoxy) is 2. The lowest BCUT2D eigenvalue weighted by atomic mass is 10.2. The van der Waals surface area contributed by atoms with E-state index in [0.29, 0.717) is 26.1 Å². The Labute approximate surface area is 121 Å². The third kappa shape index (κ3) is 7.14. The highest BCUT2D eigenvalue weighted by atomic mass is 16.6. The molecule has 1 aromatic carbocycles. The van der Waals surface area contributed by atoms with E-state index in [1.807, 2.05) is 52.0 Å². The second-order valence-electron chi connectivity index (χ2n) is 5.59.